The van der Waals surface area contributed by atoms with Crippen molar-refractivity contribution in [1.29, 1.82) is 0 Å². The lowest BCUT2D eigenvalue weighted by atomic mass is 10.1. The number of nitrogens with one attached hydrogen (secondary N) is 2. The van der Waals surface area contributed by atoms with Gasteiger partial charge in [0.1, 0.15) is 11.6 Å². The van der Waals surface area contributed by atoms with Crippen molar-refractivity contribution in [3.8, 4) is 0 Å². The van der Waals surface area contributed by atoms with Crippen molar-refractivity contribution in [3.05, 3.63) is 35.4 Å². The topological polar surface area (TPSA) is 41.1 Å². The van der Waals surface area contributed by atoms with E-state index in [1.165, 1.54) is 12.1 Å². The molecule has 0 heterocycles. The summed E-state index contributed by atoms with van der Waals surface area (Å²) >= 11 is 0. The molecule has 1 saturated carbocycles. The summed E-state index contributed by atoms with van der Waals surface area (Å²) < 4.78 is 26.4. The molecule has 2 N–H and O–H groups in total. The summed E-state index contributed by atoms with van der Waals surface area (Å²) in [7, 11) is 1.82. The Bertz CT molecular complexity index is 484. The number of halogens is 3. The number of carbonyl (C=O) groups is 1. The molecule has 1 aliphatic carbocycles. The first-order chi connectivity index (χ1) is 9.02. The van der Waals surface area contributed by atoms with Crippen LogP contribution in [0.4, 0.5) is 8.78 Å². The quantitative estimate of drug-likeness (QED) is 0.876. The van der Waals surface area contributed by atoms with Crippen LogP contribution in [0.3, 0.4) is 0 Å². The Kier molecular flexibility index (Phi) is 5.89. The zero-order chi connectivity index (χ0) is 14.0. The summed E-state index contributed by atoms with van der Waals surface area (Å²) in [6.07, 6.45) is 0.627. The third kappa shape index (κ3) is 3.90. The van der Waals surface area contributed by atoms with Crippen LogP contribution in [0.15, 0.2) is 18.2 Å². The Labute approximate surface area is 123 Å². The average molecular weight is 305 g/mol. The molecule has 0 saturated heterocycles. The second-order valence-electron chi connectivity index (χ2n) is 5.05. The van der Waals surface area contributed by atoms with Gasteiger partial charge in [-0.1, -0.05) is 6.07 Å². The van der Waals surface area contributed by atoms with Crippen LogP contribution >= 0.6 is 12.4 Å². The van der Waals surface area contributed by atoms with Gasteiger partial charge in [-0.3, -0.25) is 4.79 Å². The molecule has 6 heteroatoms. The van der Waals surface area contributed by atoms with Gasteiger partial charge in [0.15, 0.2) is 0 Å². The molecule has 1 aromatic rings. The maximum atomic E-state index is 13.6. The second kappa shape index (κ2) is 6.99. The van der Waals surface area contributed by atoms with E-state index >= 15 is 0 Å². The van der Waals surface area contributed by atoms with Crippen LogP contribution in [0.5, 0.6) is 0 Å². The minimum absolute atomic E-state index is 0. The molecule has 0 radical (unpaired) electrons. The lowest BCUT2D eigenvalue weighted by Gasteiger charge is -2.11. The van der Waals surface area contributed by atoms with Crippen LogP contribution in [-0.2, 0) is 4.79 Å². The largest absolute Gasteiger partial charge is 0.354 e. The lowest BCUT2D eigenvalue weighted by Crippen LogP contribution is -2.38. The van der Waals surface area contributed by atoms with Crippen molar-refractivity contribution < 1.29 is 13.6 Å². The van der Waals surface area contributed by atoms with Crippen molar-refractivity contribution in [2.45, 2.75) is 25.3 Å². The fraction of sp³-hybridized carbons (Fsp3) is 0.500. The van der Waals surface area contributed by atoms with E-state index in [-0.39, 0.29) is 36.2 Å². The highest BCUT2D eigenvalue weighted by Crippen LogP contribution is 2.48. The van der Waals surface area contributed by atoms with Gasteiger partial charge in [0, 0.05) is 24.6 Å². The van der Waals surface area contributed by atoms with Crippen LogP contribution in [0.25, 0.3) is 0 Å². The molecule has 0 aromatic heterocycles. The minimum atomic E-state index is -0.592. The predicted molar refractivity (Wildman–Crippen MR) is 76.0 cm³/mol. The molecule has 3 atom stereocenters. The third-order valence-electron chi connectivity index (χ3n) is 3.56. The molecular formula is C14H19ClF2N2O. The second-order valence-corrected chi connectivity index (χ2v) is 5.05. The zero-order valence-electron chi connectivity index (χ0n) is 11.5. The predicted octanol–water partition coefficient (Wildman–Crippen LogP) is 2.21. The molecule has 1 aliphatic rings. The monoisotopic (exact) mass is 304 g/mol. The van der Waals surface area contributed by atoms with Gasteiger partial charge in [0.05, 0.1) is 0 Å². The van der Waals surface area contributed by atoms with Crippen LogP contribution in [0.2, 0.25) is 0 Å². The van der Waals surface area contributed by atoms with E-state index in [4.69, 9.17) is 0 Å². The average Bonchev–Trinajstić information content (AvgIpc) is 3.15. The first-order valence-corrected chi connectivity index (χ1v) is 6.43. The van der Waals surface area contributed by atoms with Gasteiger partial charge in [0.2, 0.25) is 5.91 Å². The number of amides is 1. The highest BCUT2D eigenvalue weighted by atomic mass is 35.5. The van der Waals surface area contributed by atoms with Crippen LogP contribution in [-0.4, -0.2) is 25.5 Å². The van der Waals surface area contributed by atoms with Gasteiger partial charge in [-0.25, -0.2) is 8.78 Å². The molecule has 0 aliphatic heterocycles. The summed E-state index contributed by atoms with van der Waals surface area (Å²) in [6.45, 7) is 2.51. The van der Waals surface area contributed by atoms with Gasteiger partial charge in [-0.2, -0.15) is 0 Å². The molecule has 1 amide bonds. The number of benzene rings is 1. The van der Waals surface area contributed by atoms with E-state index in [0.29, 0.717) is 18.5 Å². The molecule has 3 nitrogen and oxygen atoms in total. The summed E-state index contributed by atoms with van der Waals surface area (Å²) in [6, 6.07) is 3.72. The Morgan fingerprint density at radius 3 is 2.75 bits per heavy atom. The van der Waals surface area contributed by atoms with E-state index in [0.717, 1.165) is 6.07 Å². The van der Waals surface area contributed by atoms with Gasteiger partial charge < -0.3 is 10.6 Å². The van der Waals surface area contributed by atoms with Crippen molar-refractivity contribution in [3.63, 3.8) is 0 Å². The fourth-order valence-corrected chi connectivity index (χ4v) is 2.12. The zero-order valence-corrected chi connectivity index (χ0v) is 12.3. The van der Waals surface area contributed by atoms with Crippen LogP contribution < -0.4 is 10.6 Å². The van der Waals surface area contributed by atoms with Gasteiger partial charge in [0.25, 0.3) is 0 Å². The van der Waals surface area contributed by atoms with E-state index in [1.807, 2.05) is 14.0 Å². The van der Waals surface area contributed by atoms with Crippen molar-refractivity contribution in [2.24, 2.45) is 5.92 Å². The van der Waals surface area contributed by atoms with Crippen molar-refractivity contribution in [2.75, 3.05) is 13.6 Å². The van der Waals surface area contributed by atoms with Crippen molar-refractivity contribution >= 4 is 18.3 Å². The smallest absolute Gasteiger partial charge is 0.223 e. The number of likely N-dealkylation sites (N-methyl/N-ethyl adjacent to an activating group) is 1. The van der Waals surface area contributed by atoms with Gasteiger partial charge in [-0.15, -0.1) is 12.4 Å². The Morgan fingerprint density at radius 1 is 1.45 bits per heavy atom. The lowest BCUT2D eigenvalue weighted by molar-refractivity contribution is -0.122. The number of hydrogen-bond acceptors (Lipinski definition) is 2. The molecule has 20 heavy (non-hydrogen) atoms. The standard InChI is InChI=1S/C14H18F2N2O.ClH/c1-8(17-2)7-18-14(19)12-6-11(12)10-4-3-9(15)5-13(10)16;/h3-5,8,11-12,17H,6-7H2,1-2H3,(H,18,19);1H. The fourth-order valence-electron chi connectivity index (χ4n) is 2.12. The highest BCUT2D eigenvalue weighted by molar-refractivity contribution is 5.85. The van der Waals surface area contributed by atoms with E-state index in [2.05, 4.69) is 10.6 Å². The highest BCUT2D eigenvalue weighted by Gasteiger charge is 2.45. The summed E-state index contributed by atoms with van der Waals surface area (Å²) in [5.74, 6) is -1.53. The van der Waals surface area contributed by atoms with Crippen LogP contribution in [0.1, 0.15) is 24.8 Å². The molecular weight excluding hydrogens is 286 g/mol. The Balaban J connectivity index is 0.00000200. The normalized spacial score (nSPS) is 21.8. The van der Waals surface area contributed by atoms with Crippen LogP contribution in [0, 0.1) is 17.6 Å². The third-order valence-corrected chi connectivity index (χ3v) is 3.56. The van der Waals surface area contributed by atoms with Gasteiger partial charge >= 0.3 is 0 Å². The number of hydrogen-bond donors (Lipinski definition) is 2. The molecule has 112 valence electrons. The summed E-state index contributed by atoms with van der Waals surface area (Å²) in [4.78, 5) is 11.9. The first kappa shape index (κ1) is 16.9. The molecule has 2 rings (SSSR count). The van der Waals surface area contributed by atoms with E-state index in [9.17, 15) is 13.6 Å². The molecule has 0 bridgehead atoms. The Hall–Kier alpha value is -1.20. The SMILES string of the molecule is CNC(C)CNC(=O)C1CC1c1ccc(F)cc1F.Cl. The maximum absolute atomic E-state index is 13.6. The Morgan fingerprint density at radius 2 is 2.15 bits per heavy atom. The van der Waals surface area contributed by atoms with Crippen molar-refractivity contribution in [1.82, 2.24) is 10.6 Å². The molecule has 0 spiro atoms. The van der Waals surface area contributed by atoms with Gasteiger partial charge in [-0.05, 0) is 37.9 Å². The number of rotatable bonds is 5. The molecule has 1 fully saturated rings. The minimum Gasteiger partial charge on any atom is -0.354 e. The van der Waals surface area contributed by atoms with E-state index < -0.39 is 11.6 Å². The first-order valence-electron chi connectivity index (χ1n) is 6.43. The summed E-state index contributed by atoms with van der Waals surface area (Å²) in [5.41, 5.74) is 0.434. The molecule has 3 unspecified atom stereocenters. The molecule has 1 aromatic carbocycles. The summed E-state index contributed by atoms with van der Waals surface area (Å²) in [5, 5.41) is 5.85. The number of carbonyl (C=O) groups excluding carboxylic acids is 1. The van der Waals surface area contributed by atoms with E-state index in [1.54, 1.807) is 0 Å². The maximum Gasteiger partial charge on any atom is 0.223 e.